The van der Waals surface area contributed by atoms with E-state index in [2.05, 4.69) is 37.2 Å². The number of benzene rings is 2. The Labute approximate surface area is 131 Å². The van der Waals surface area contributed by atoms with Gasteiger partial charge in [-0.1, -0.05) is 28.1 Å². The Morgan fingerprint density at radius 3 is 2.35 bits per heavy atom. The highest BCUT2D eigenvalue weighted by Crippen LogP contribution is 2.27. The molecule has 0 unspecified atom stereocenters. The van der Waals surface area contributed by atoms with Gasteiger partial charge in [-0.15, -0.1) is 0 Å². The van der Waals surface area contributed by atoms with Crippen molar-refractivity contribution in [3.8, 4) is 0 Å². The number of hydrogen-bond donors (Lipinski definition) is 1. The van der Waals surface area contributed by atoms with Crippen LogP contribution in [0.3, 0.4) is 0 Å². The Kier molecular flexibility index (Phi) is 4.88. The lowest BCUT2D eigenvalue weighted by Crippen LogP contribution is -2.13. The van der Waals surface area contributed by atoms with E-state index in [1.54, 1.807) is 24.3 Å². The van der Waals surface area contributed by atoms with Gasteiger partial charge in [0.25, 0.3) is 5.91 Å². The Morgan fingerprint density at radius 2 is 1.80 bits per heavy atom. The molecule has 0 heterocycles. The molecule has 0 aliphatic heterocycles. The Morgan fingerprint density at radius 1 is 1.15 bits per heavy atom. The van der Waals surface area contributed by atoms with E-state index < -0.39 is 17.5 Å². The van der Waals surface area contributed by atoms with Crippen molar-refractivity contribution in [2.75, 3.05) is 5.32 Å². The first kappa shape index (κ1) is 15.1. The van der Waals surface area contributed by atoms with Gasteiger partial charge in [-0.2, -0.15) is 0 Å². The van der Waals surface area contributed by atoms with E-state index >= 15 is 0 Å². The lowest BCUT2D eigenvalue weighted by Gasteiger charge is -2.09. The number of carbonyl (C=O) groups excluding carboxylic acids is 1. The second kappa shape index (κ2) is 6.45. The number of carbonyl (C=O) groups is 1. The Hall–Kier alpha value is -1.27. The SMILES string of the molecule is O=C(Nc1c(F)cc(F)cc1Br)c1ccc(CBr)cc1. The van der Waals surface area contributed by atoms with Crippen LogP contribution in [0.4, 0.5) is 14.5 Å². The van der Waals surface area contributed by atoms with Gasteiger partial charge in [0.15, 0.2) is 5.82 Å². The number of rotatable bonds is 3. The third kappa shape index (κ3) is 3.43. The number of halogens is 4. The van der Waals surface area contributed by atoms with Crippen molar-refractivity contribution in [3.63, 3.8) is 0 Å². The third-order valence-electron chi connectivity index (χ3n) is 2.62. The molecule has 0 fully saturated rings. The van der Waals surface area contributed by atoms with E-state index in [4.69, 9.17) is 0 Å². The molecule has 2 aromatic carbocycles. The molecule has 0 atom stereocenters. The van der Waals surface area contributed by atoms with Gasteiger partial charge in [0, 0.05) is 21.4 Å². The van der Waals surface area contributed by atoms with Gasteiger partial charge in [0.2, 0.25) is 0 Å². The van der Waals surface area contributed by atoms with Crippen LogP contribution in [0.25, 0.3) is 0 Å². The molecule has 0 bridgehead atoms. The molecule has 2 aromatic rings. The van der Waals surface area contributed by atoms with Crippen molar-refractivity contribution in [1.82, 2.24) is 0 Å². The summed E-state index contributed by atoms with van der Waals surface area (Å²) in [5.74, 6) is -2.01. The molecule has 0 radical (unpaired) electrons. The summed E-state index contributed by atoms with van der Waals surface area (Å²) in [6.07, 6.45) is 0. The smallest absolute Gasteiger partial charge is 0.255 e. The van der Waals surface area contributed by atoms with Crippen LogP contribution < -0.4 is 5.32 Å². The van der Waals surface area contributed by atoms with Crippen LogP contribution in [0.5, 0.6) is 0 Å². The molecular formula is C14H9Br2F2NO. The van der Waals surface area contributed by atoms with Gasteiger partial charge in [-0.3, -0.25) is 4.79 Å². The lowest BCUT2D eigenvalue weighted by molar-refractivity contribution is 0.102. The number of amides is 1. The fraction of sp³-hybridized carbons (Fsp3) is 0.0714. The van der Waals surface area contributed by atoms with E-state index in [0.29, 0.717) is 17.0 Å². The van der Waals surface area contributed by atoms with E-state index in [0.717, 1.165) is 11.6 Å². The molecule has 1 amide bonds. The summed E-state index contributed by atoms with van der Waals surface area (Å²) >= 11 is 6.33. The molecular weight excluding hydrogens is 396 g/mol. The Balaban J connectivity index is 2.23. The summed E-state index contributed by atoms with van der Waals surface area (Å²) < 4.78 is 26.7. The second-order valence-corrected chi connectivity index (χ2v) is 5.44. The zero-order valence-corrected chi connectivity index (χ0v) is 13.3. The van der Waals surface area contributed by atoms with Crippen LogP contribution in [0.2, 0.25) is 0 Å². The number of hydrogen-bond acceptors (Lipinski definition) is 1. The molecule has 6 heteroatoms. The van der Waals surface area contributed by atoms with Crippen molar-refractivity contribution < 1.29 is 13.6 Å². The number of nitrogens with one attached hydrogen (secondary N) is 1. The molecule has 0 saturated carbocycles. The molecule has 0 aliphatic carbocycles. The zero-order chi connectivity index (χ0) is 14.7. The van der Waals surface area contributed by atoms with Crippen LogP contribution in [0, 0.1) is 11.6 Å². The predicted molar refractivity (Wildman–Crippen MR) is 81.1 cm³/mol. The molecule has 0 aliphatic rings. The molecule has 2 rings (SSSR count). The van der Waals surface area contributed by atoms with Crippen LogP contribution >= 0.6 is 31.9 Å². The molecule has 2 nitrogen and oxygen atoms in total. The van der Waals surface area contributed by atoms with Crippen LogP contribution in [-0.2, 0) is 5.33 Å². The van der Waals surface area contributed by atoms with Gasteiger partial charge in [0.05, 0.1) is 5.69 Å². The van der Waals surface area contributed by atoms with E-state index in [9.17, 15) is 13.6 Å². The van der Waals surface area contributed by atoms with Gasteiger partial charge in [0.1, 0.15) is 5.82 Å². The molecule has 1 N–H and O–H groups in total. The first-order valence-corrected chi connectivity index (χ1v) is 7.53. The predicted octanol–water partition coefficient (Wildman–Crippen LogP) is 4.87. The van der Waals surface area contributed by atoms with Gasteiger partial charge in [-0.05, 0) is 39.7 Å². The summed E-state index contributed by atoms with van der Waals surface area (Å²) in [6, 6.07) is 8.67. The second-order valence-electron chi connectivity index (χ2n) is 4.03. The van der Waals surface area contributed by atoms with Crippen molar-refractivity contribution >= 4 is 43.5 Å². The van der Waals surface area contributed by atoms with E-state index in [-0.39, 0.29) is 10.2 Å². The van der Waals surface area contributed by atoms with Crippen LogP contribution in [0.1, 0.15) is 15.9 Å². The molecule has 20 heavy (non-hydrogen) atoms. The van der Waals surface area contributed by atoms with Crippen molar-refractivity contribution in [2.24, 2.45) is 0 Å². The Bertz CT molecular complexity index is 621. The normalized spacial score (nSPS) is 10.4. The van der Waals surface area contributed by atoms with Crippen molar-refractivity contribution in [3.05, 3.63) is 63.6 Å². The minimum Gasteiger partial charge on any atom is -0.319 e. The lowest BCUT2D eigenvalue weighted by atomic mass is 10.1. The first-order chi connectivity index (χ1) is 9.51. The van der Waals surface area contributed by atoms with Gasteiger partial charge >= 0.3 is 0 Å². The van der Waals surface area contributed by atoms with E-state index in [1.807, 2.05) is 0 Å². The fourth-order valence-corrected chi connectivity index (χ4v) is 2.47. The molecule has 0 saturated heterocycles. The minimum atomic E-state index is -0.831. The minimum absolute atomic E-state index is 0.0824. The summed E-state index contributed by atoms with van der Waals surface area (Å²) in [4.78, 5) is 12.0. The fourth-order valence-electron chi connectivity index (χ4n) is 1.59. The van der Waals surface area contributed by atoms with Crippen molar-refractivity contribution in [2.45, 2.75) is 5.33 Å². The average Bonchev–Trinajstić information content (AvgIpc) is 2.42. The van der Waals surface area contributed by atoms with Crippen LogP contribution in [-0.4, -0.2) is 5.91 Å². The maximum atomic E-state index is 13.6. The highest BCUT2D eigenvalue weighted by atomic mass is 79.9. The highest BCUT2D eigenvalue weighted by Gasteiger charge is 2.13. The van der Waals surface area contributed by atoms with Gasteiger partial charge in [-0.25, -0.2) is 8.78 Å². The maximum Gasteiger partial charge on any atom is 0.255 e. The summed E-state index contributed by atoms with van der Waals surface area (Å²) in [6.45, 7) is 0. The monoisotopic (exact) mass is 403 g/mol. The van der Waals surface area contributed by atoms with Crippen molar-refractivity contribution in [1.29, 1.82) is 0 Å². The molecule has 0 aromatic heterocycles. The summed E-state index contributed by atoms with van der Waals surface area (Å²) in [5.41, 5.74) is 1.34. The number of anilines is 1. The standard InChI is InChI=1S/C14H9Br2F2NO/c15-7-8-1-3-9(4-2-8)14(20)19-13-11(16)5-10(17)6-12(13)18/h1-6H,7H2,(H,19,20). The quantitative estimate of drug-likeness (QED) is 0.726. The third-order valence-corrected chi connectivity index (χ3v) is 3.89. The average molecular weight is 405 g/mol. The topological polar surface area (TPSA) is 29.1 Å². The summed E-state index contributed by atoms with van der Waals surface area (Å²) in [5, 5.41) is 3.11. The first-order valence-electron chi connectivity index (χ1n) is 5.62. The number of alkyl halides is 1. The zero-order valence-electron chi connectivity index (χ0n) is 10.1. The highest BCUT2D eigenvalue weighted by molar-refractivity contribution is 9.10. The summed E-state index contributed by atoms with van der Waals surface area (Å²) in [7, 11) is 0. The maximum absolute atomic E-state index is 13.6. The molecule has 104 valence electrons. The van der Waals surface area contributed by atoms with Crippen LogP contribution in [0.15, 0.2) is 40.9 Å². The molecule has 0 spiro atoms. The van der Waals surface area contributed by atoms with E-state index in [1.165, 1.54) is 0 Å². The largest absolute Gasteiger partial charge is 0.319 e. The van der Waals surface area contributed by atoms with Gasteiger partial charge < -0.3 is 5.32 Å².